The van der Waals surface area contributed by atoms with Crippen molar-refractivity contribution in [2.75, 3.05) is 31.5 Å². The van der Waals surface area contributed by atoms with Crippen LogP contribution in [0.5, 0.6) is 0 Å². The number of nitrogens with one attached hydrogen (secondary N) is 2. The lowest BCUT2D eigenvalue weighted by molar-refractivity contribution is -0.173. The molecule has 0 spiro atoms. The van der Waals surface area contributed by atoms with Gasteiger partial charge < -0.3 is 15.5 Å². The van der Waals surface area contributed by atoms with Crippen molar-refractivity contribution in [3.05, 3.63) is 34.7 Å². The first-order valence-corrected chi connectivity index (χ1v) is 14.8. The van der Waals surface area contributed by atoms with Crippen LogP contribution < -0.4 is 10.6 Å². The molecule has 1 aliphatic rings. The third-order valence-electron chi connectivity index (χ3n) is 6.97. The van der Waals surface area contributed by atoms with Crippen LogP contribution in [0.15, 0.2) is 24.3 Å². The number of carbonyl (C=O) groups excluding carboxylic acids is 3. The average molecular weight is 596 g/mol. The Labute approximate surface area is 238 Å². The molecule has 216 valence electrons. The summed E-state index contributed by atoms with van der Waals surface area (Å²) in [5.41, 5.74) is 2.81. The number of amides is 3. The molecule has 0 fully saturated rings. The summed E-state index contributed by atoms with van der Waals surface area (Å²) in [4.78, 5) is 45.8. The highest BCUT2D eigenvalue weighted by molar-refractivity contribution is 7.22. The number of fused-ring (bicyclic) bond motifs is 2. The van der Waals surface area contributed by atoms with Gasteiger partial charge in [0.1, 0.15) is 10.0 Å². The molecule has 0 saturated heterocycles. The molecule has 1 aromatic carbocycles. The standard InChI is InChI=1S/C27H32F3N5O3S2/c1-4-16(2)35(17(3)36)13-10-22(37)33-25-23(24-32-19-7-5-6-8-20(19)39-24)18-9-12-34(15-21(18)40-25)14-11-31-26(38)27(28,29)30/h5-8,16H,4,9-15H2,1-3H3,(H,31,38)(H,33,37). The van der Waals surface area contributed by atoms with Gasteiger partial charge in [0.05, 0.1) is 10.2 Å². The number of alkyl halides is 3. The summed E-state index contributed by atoms with van der Waals surface area (Å²) < 4.78 is 38.6. The zero-order valence-corrected chi connectivity index (χ0v) is 24.2. The lowest BCUT2D eigenvalue weighted by Gasteiger charge is -2.27. The maximum atomic E-state index is 13.1. The number of rotatable bonds is 10. The van der Waals surface area contributed by atoms with E-state index in [1.165, 1.54) is 18.3 Å². The molecular formula is C27H32F3N5O3S2. The number of benzene rings is 1. The molecule has 3 amide bonds. The fourth-order valence-electron chi connectivity index (χ4n) is 4.69. The first-order chi connectivity index (χ1) is 19.0. The molecule has 1 atom stereocenters. The second-order valence-electron chi connectivity index (χ2n) is 9.74. The highest BCUT2D eigenvalue weighted by Crippen LogP contribution is 2.45. The predicted molar refractivity (Wildman–Crippen MR) is 151 cm³/mol. The molecule has 3 heterocycles. The molecule has 1 unspecified atom stereocenters. The van der Waals surface area contributed by atoms with Crippen molar-refractivity contribution in [1.82, 2.24) is 20.1 Å². The number of anilines is 1. The van der Waals surface area contributed by atoms with Gasteiger partial charge in [0, 0.05) is 62.6 Å². The van der Waals surface area contributed by atoms with Gasteiger partial charge in [-0.1, -0.05) is 19.1 Å². The van der Waals surface area contributed by atoms with Gasteiger partial charge in [-0.15, -0.1) is 22.7 Å². The minimum Gasteiger partial charge on any atom is -0.347 e. The van der Waals surface area contributed by atoms with E-state index in [-0.39, 0.29) is 37.4 Å². The number of para-hydroxylation sites is 1. The first-order valence-electron chi connectivity index (χ1n) is 13.1. The van der Waals surface area contributed by atoms with E-state index in [0.717, 1.165) is 37.6 Å². The lowest BCUT2D eigenvalue weighted by atomic mass is 10.0. The Morgan fingerprint density at radius 1 is 1.20 bits per heavy atom. The Morgan fingerprint density at radius 3 is 2.62 bits per heavy atom. The lowest BCUT2D eigenvalue weighted by Crippen LogP contribution is -2.42. The van der Waals surface area contributed by atoms with Crippen LogP contribution in [0.4, 0.5) is 18.2 Å². The summed E-state index contributed by atoms with van der Waals surface area (Å²) in [6, 6.07) is 7.84. The van der Waals surface area contributed by atoms with Crippen molar-refractivity contribution in [3.8, 4) is 10.6 Å². The third kappa shape index (κ3) is 6.99. The van der Waals surface area contributed by atoms with Gasteiger partial charge in [-0.25, -0.2) is 4.98 Å². The fourth-order valence-corrected chi connectivity index (χ4v) is 7.10. The molecule has 0 radical (unpaired) electrons. The molecule has 13 heteroatoms. The van der Waals surface area contributed by atoms with Crippen LogP contribution in [0.3, 0.4) is 0 Å². The van der Waals surface area contributed by atoms with Crippen LogP contribution in [0.1, 0.15) is 44.1 Å². The Kier molecular flexibility index (Phi) is 9.47. The van der Waals surface area contributed by atoms with Crippen molar-refractivity contribution >= 4 is 55.6 Å². The second kappa shape index (κ2) is 12.6. The summed E-state index contributed by atoms with van der Waals surface area (Å²) in [7, 11) is 0. The van der Waals surface area contributed by atoms with Crippen LogP contribution in [-0.4, -0.2) is 70.9 Å². The number of nitrogens with zero attached hydrogens (tertiary/aromatic N) is 3. The van der Waals surface area contributed by atoms with Gasteiger partial charge in [0.2, 0.25) is 11.8 Å². The quantitative estimate of drug-likeness (QED) is 0.343. The Hall–Kier alpha value is -3.03. The number of halogens is 3. The normalized spacial score (nSPS) is 14.6. The molecule has 0 bridgehead atoms. The largest absolute Gasteiger partial charge is 0.471 e. The average Bonchev–Trinajstić information content (AvgIpc) is 3.47. The van der Waals surface area contributed by atoms with Gasteiger partial charge in [0.15, 0.2) is 0 Å². The minimum absolute atomic E-state index is 0.0320. The zero-order chi connectivity index (χ0) is 29.0. The van der Waals surface area contributed by atoms with E-state index in [4.69, 9.17) is 4.98 Å². The van der Waals surface area contributed by atoms with E-state index in [2.05, 4.69) is 5.32 Å². The molecule has 40 heavy (non-hydrogen) atoms. The third-order valence-corrected chi connectivity index (χ3v) is 9.16. The van der Waals surface area contributed by atoms with E-state index in [1.54, 1.807) is 16.2 Å². The molecule has 8 nitrogen and oxygen atoms in total. The molecular weight excluding hydrogens is 563 g/mol. The summed E-state index contributed by atoms with van der Waals surface area (Å²) in [6.07, 6.45) is -3.34. The molecule has 1 aliphatic heterocycles. The maximum absolute atomic E-state index is 13.1. The first kappa shape index (κ1) is 29.9. The fraction of sp³-hybridized carbons (Fsp3) is 0.481. The van der Waals surface area contributed by atoms with E-state index >= 15 is 0 Å². The Balaban J connectivity index is 1.54. The molecule has 0 aliphatic carbocycles. The monoisotopic (exact) mass is 595 g/mol. The summed E-state index contributed by atoms with van der Waals surface area (Å²) in [5, 5.41) is 6.46. The number of carbonyl (C=O) groups is 3. The van der Waals surface area contributed by atoms with Crippen molar-refractivity contribution in [3.63, 3.8) is 0 Å². The number of thiophene rings is 1. The second-order valence-corrected chi connectivity index (χ2v) is 11.9. The Bertz CT molecular complexity index is 1350. The topological polar surface area (TPSA) is 94.6 Å². The van der Waals surface area contributed by atoms with Crippen LogP contribution in [0, 0.1) is 0 Å². The van der Waals surface area contributed by atoms with E-state index in [1.807, 2.05) is 48.3 Å². The Morgan fingerprint density at radius 2 is 1.95 bits per heavy atom. The van der Waals surface area contributed by atoms with E-state index in [0.29, 0.717) is 31.1 Å². The molecule has 2 N–H and O–H groups in total. The molecule has 0 saturated carbocycles. The maximum Gasteiger partial charge on any atom is 0.471 e. The van der Waals surface area contributed by atoms with Crippen molar-refractivity contribution < 1.29 is 27.6 Å². The predicted octanol–water partition coefficient (Wildman–Crippen LogP) is 5.04. The number of aromatic nitrogens is 1. The molecule has 4 rings (SSSR count). The minimum atomic E-state index is -4.90. The molecule has 2 aromatic heterocycles. The van der Waals surface area contributed by atoms with Crippen molar-refractivity contribution in [2.45, 2.75) is 58.8 Å². The number of thiazole rings is 1. The van der Waals surface area contributed by atoms with Gasteiger partial charge in [0.25, 0.3) is 0 Å². The number of hydrogen-bond acceptors (Lipinski definition) is 7. The highest BCUT2D eigenvalue weighted by Gasteiger charge is 2.38. The van der Waals surface area contributed by atoms with Crippen LogP contribution in [0.25, 0.3) is 20.8 Å². The number of hydrogen-bond donors (Lipinski definition) is 2. The van der Waals surface area contributed by atoms with Crippen LogP contribution >= 0.6 is 22.7 Å². The van der Waals surface area contributed by atoms with Gasteiger partial charge in [-0.05, 0) is 37.5 Å². The van der Waals surface area contributed by atoms with Crippen LogP contribution in [-0.2, 0) is 27.3 Å². The van der Waals surface area contributed by atoms with Crippen LogP contribution in [0.2, 0.25) is 0 Å². The van der Waals surface area contributed by atoms with Gasteiger partial charge in [-0.2, -0.15) is 13.2 Å². The van der Waals surface area contributed by atoms with E-state index in [9.17, 15) is 27.6 Å². The summed E-state index contributed by atoms with van der Waals surface area (Å²) in [6.45, 7) is 7.01. The highest BCUT2D eigenvalue weighted by atomic mass is 32.1. The smallest absolute Gasteiger partial charge is 0.347 e. The van der Waals surface area contributed by atoms with Gasteiger partial charge >= 0.3 is 12.1 Å². The van der Waals surface area contributed by atoms with Crippen molar-refractivity contribution in [2.24, 2.45) is 0 Å². The van der Waals surface area contributed by atoms with Crippen molar-refractivity contribution in [1.29, 1.82) is 0 Å². The zero-order valence-electron chi connectivity index (χ0n) is 22.6. The van der Waals surface area contributed by atoms with E-state index < -0.39 is 12.1 Å². The summed E-state index contributed by atoms with van der Waals surface area (Å²) in [5.74, 6) is -2.22. The SMILES string of the molecule is CCC(C)N(CCC(=O)Nc1sc2c(c1-c1nc3ccccc3s1)CCN(CCNC(=O)C(F)(F)F)C2)C(C)=O. The van der Waals surface area contributed by atoms with Gasteiger partial charge in [-0.3, -0.25) is 19.3 Å². The molecule has 3 aromatic rings. The summed E-state index contributed by atoms with van der Waals surface area (Å²) >= 11 is 2.98.